The molecule has 0 spiro atoms. The molecule has 0 aromatic heterocycles. The highest BCUT2D eigenvalue weighted by atomic mass is 16.1. The molecule has 0 fully saturated rings. The third kappa shape index (κ3) is 4.72. The molecular weight excluding hydrogens is 248 g/mol. The summed E-state index contributed by atoms with van der Waals surface area (Å²) in [6.45, 7) is 10.3. The summed E-state index contributed by atoms with van der Waals surface area (Å²) in [4.78, 5) is 13.5. The highest BCUT2D eigenvalue weighted by Crippen LogP contribution is 2.20. The van der Waals surface area contributed by atoms with Gasteiger partial charge in [0.15, 0.2) is 0 Å². The summed E-state index contributed by atoms with van der Waals surface area (Å²) in [6.07, 6.45) is 4.78. The van der Waals surface area contributed by atoms with Crippen molar-refractivity contribution in [1.82, 2.24) is 0 Å². The van der Waals surface area contributed by atoms with E-state index in [1.165, 1.54) is 31.4 Å². The Balaban J connectivity index is 2.80. The van der Waals surface area contributed by atoms with E-state index in [2.05, 4.69) is 37.5 Å². The van der Waals surface area contributed by atoms with Crippen molar-refractivity contribution in [2.24, 2.45) is 5.73 Å². The summed E-state index contributed by atoms with van der Waals surface area (Å²) < 4.78 is 0. The van der Waals surface area contributed by atoms with E-state index in [1.54, 1.807) is 0 Å². The van der Waals surface area contributed by atoms with E-state index >= 15 is 0 Å². The average molecular weight is 274 g/mol. The van der Waals surface area contributed by atoms with E-state index in [0.29, 0.717) is 5.57 Å². The second kappa shape index (κ2) is 8.41. The average Bonchev–Trinajstić information content (AvgIpc) is 2.47. The first-order valence-electron chi connectivity index (χ1n) is 7.44. The molecule has 2 N–H and O–H groups in total. The first-order valence-corrected chi connectivity index (χ1v) is 7.44. The summed E-state index contributed by atoms with van der Waals surface area (Å²) in [5.41, 5.74) is 7.61. The Morgan fingerprint density at radius 2 is 1.60 bits per heavy atom. The molecule has 0 aliphatic heterocycles. The molecule has 1 amide bonds. The molecule has 0 aliphatic carbocycles. The van der Waals surface area contributed by atoms with Crippen LogP contribution in [0.15, 0.2) is 30.8 Å². The van der Waals surface area contributed by atoms with Gasteiger partial charge in [-0.3, -0.25) is 4.79 Å². The monoisotopic (exact) mass is 274 g/mol. The summed E-state index contributed by atoms with van der Waals surface area (Å²) in [5, 5.41) is 0. The number of nitrogens with zero attached hydrogens (tertiary/aromatic N) is 1. The first kappa shape index (κ1) is 16.3. The molecule has 1 aromatic carbocycles. The van der Waals surface area contributed by atoms with E-state index in [1.807, 2.05) is 12.1 Å². The van der Waals surface area contributed by atoms with Crippen molar-refractivity contribution in [3.05, 3.63) is 36.4 Å². The molecule has 1 rings (SSSR count). The van der Waals surface area contributed by atoms with E-state index in [9.17, 15) is 4.79 Å². The third-order valence-corrected chi connectivity index (χ3v) is 3.44. The van der Waals surface area contributed by atoms with E-state index < -0.39 is 5.91 Å². The molecular formula is C17H26N2O. The fourth-order valence-corrected chi connectivity index (χ4v) is 2.08. The van der Waals surface area contributed by atoms with E-state index in [-0.39, 0.29) is 0 Å². The van der Waals surface area contributed by atoms with Crippen LogP contribution in [0.1, 0.15) is 45.1 Å². The van der Waals surface area contributed by atoms with E-state index in [0.717, 1.165) is 18.7 Å². The van der Waals surface area contributed by atoms with Crippen LogP contribution in [0, 0.1) is 0 Å². The highest BCUT2D eigenvalue weighted by Gasteiger charge is 2.08. The molecule has 0 heterocycles. The van der Waals surface area contributed by atoms with Gasteiger partial charge < -0.3 is 10.6 Å². The molecule has 110 valence electrons. The van der Waals surface area contributed by atoms with Crippen LogP contribution in [-0.2, 0) is 4.79 Å². The lowest BCUT2D eigenvalue weighted by atomic mass is 10.1. The fourth-order valence-electron chi connectivity index (χ4n) is 2.08. The Labute approximate surface area is 122 Å². The number of unbranched alkanes of at least 4 members (excludes halogenated alkanes) is 2. The quantitative estimate of drug-likeness (QED) is 0.699. The number of carbonyl (C=O) groups is 1. The van der Waals surface area contributed by atoms with Crippen molar-refractivity contribution in [2.75, 3.05) is 18.0 Å². The van der Waals surface area contributed by atoms with Gasteiger partial charge in [-0.25, -0.2) is 0 Å². The Bertz CT molecular complexity index is 429. The topological polar surface area (TPSA) is 46.3 Å². The minimum Gasteiger partial charge on any atom is -0.372 e. The lowest BCUT2D eigenvalue weighted by molar-refractivity contribution is -0.112. The Morgan fingerprint density at radius 1 is 1.10 bits per heavy atom. The number of rotatable bonds is 9. The Morgan fingerprint density at radius 3 is 2.00 bits per heavy atom. The number of nitrogens with two attached hydrogens (primary N) is 1. The summed E-state index contributed by atoms with van der Waals surface area (Å²) in [6, 6.07) is 7.95. The minimum atomic E-state index is -0.466. The maximum absolute atomic E-state index is 11.1. The molecule has 0 saturated carbocycles. The van der Waals surface area contributed by atoms with Gasteiger partial charge in [0.1, 0.15) is 0 Å². The van der Waals surface area contributed by atoms with Gasteiger partial charge in [-0.05, 0) is 30.5 Å². The Kier molecular flexibility index (Phi) is 6.85. The van der Waals surface area contributed by atoms with Gasteiger partial charge in [-0.1, -0.05) is 45.4 Å². The number of hydrogen-bond acceptors (Lipinski definition) is 2. The van der Waals surface area contributed by atoms with Crippen LogP contribution in [0.25, 0.3) is 5.57 Å². The van der Waals surface area contributed by atoms with Crippen molar-refractivity contribution >= 4 is 17.2 Å². The molecule has 3 nitrogen and oxygen atoms in total. The first-order chi connectivity index (χ1) is 9.60. The van der Waals surface area contributed by atoms with Gasteiger partial charge in [0, 0.05) is 24.4 Å². The molecule has 0 bridgehead atoms. The number of anilines is 1. The standard InChI is InChI=1S/C17H26N2O/c1-4-6-12-19(13-7-5-2)16-10-8-15(9-11-16)14(3)17(18)20/h8-11H,3-7,12-13H2,1-2H3,(H2,18,20). The smallest absolute Gasteiger partial charge is 0.248 e. The highest BCUT2D eigenvalue weighted by molar-refractivity contribution is 6.17. The zero-order chi connectivity index (χ0) is 15.0. The molecule has 20 heavy (non-hydrogen) atoms. The van der Waals surface area contributed by atoms with Gasteiger partial charge in [0.2, 0.25) is 5.91 Å². The molecule has 0 atom stereocenters. The normalized spacial score (nSPS) is 10.3. The van der Waals surface area contributed by atoms with Crippen molar-refractivity contribution in [2.45, 2.75) is 39.5 Å². The van der Waals surface area contributed by atoms with Crippen molar-refractivity contribution in [3.63, 3.8) is 0 Å². The van der Waals surface area contributed by atoms with E-state index in [4.69, 9.17) is 5.73 Å². The van der Waals surface area contributed by atoms with Crippen molar-refractivity contribution < 1.29 is 4.79 Å². The number of primary amides is 1. The van der Waals surface area contributed by atoms with Gasteiger partial charge in [0.25, 0.3) is 0 Å². The molecule has 0 saturated heterocycles. The predicted molar refractivity (Wildman–Crippen MR) is 86.7 cm³/mol. The minimum absolute atomic E-state index is 0.366. The van der Waals surface area contributed by atoms with Crippen LogP contribution in [0.4, 0.5) is 5.69 Å². The zero-order valence-corrected chi connectivity index (χ0v) is 12.7. The van der Waals surface area contributed by atoms with Gasteiger partial charge in [-0.15, -0.1) is 0 Å². The third-order valence-electron chi connectivity index (χ3n) is 3.44. The van der Waals surface area contributed by atoms with Gasteiger partial charge in [0.05, 0.1) is 0 Å². The molecule has 0 aliphatic rings. The molecule has 1 aromatic rings. The lowest BCUT2D eigenvalue weighted by Crippen LogP contribution is -2.25. The van der Waals surface area contributed by atoms with Crippen LogP contribution in [0.3, 0.4) is 0 Å². The van der Waals surface area contributed by atoms with Crippen LogP contribution in [0.5, 0.6) is 0 Å². The number of carbonyl (C=O) groups excluding carboxylic acids is 1. The van der Waals surface area contributed by atoms with Gasteiger partial charge in [-0.2, -0.15) is 0 Å². The second-order valence-corrected chi connectivity index (χ2v) is 5.08. The van der Waals surface area contributed by atoms with Crippen LogP contribution >= 0.6 is 0 Å². The number of amides is 1. The van der Waals surface area contributed by atoms with Crippen molar-refractivity contribution in [1.29, 1.82) is 0 Å². The number of hydrogen-bond donors (Lipinski definition) is 1. The second-order valence-electron chi connectivity index (χ2n) is 5.08. The van der Waals surface area contributed by atoms with Gasteiger partial charge >= 0.3 is 0 Å². The predicted octanol–water partition coefficient (Wildman–Crippen LogP) is 3.59. The maximum atomic E-state index is 11.1. The summed E-state index contributed by atoms with van der Waals surface area (Å²) in [5.74, 6) is -0.466. The SMILES string of the molecule is C=C(C(N)=O)c1ccc(N(CCCC)CCCC)cc1. The maximum Gasteiger partial charge on any atom is 0.248 e. The molecule has 0 unspecified atom stereocenters. The lowest BCUT2D eigenvalue weighted by Gasteiger charge is -2.25. The molecule has 0 radical (unpaired) electrons. The van der Waals surface area contributed by atoms with Crippen molar-refractivity contribution in [3.8, 4) is 0 Å². The van der Waals surface area contributed by atoms with Crippen LogP contribution in [0.2, 0.25) is 0 Å². The van der Waals surface area contributed by atoms with Crippen LogP contribution in [-0.4, -0.2) is 19.0 Å². The Hall–Kier alpha value is -1.77. The summed E-state index contributed by atoms with van der Waals surface area (Å²) >= 11 is 0. The summed E-state index contributed by atoms with van der Waals surface area (Å²) in [7, 11) is 0. The fraction of sp³-hybridized carbons (Fsp3) is 0.471. The number of benzene rings is 1. The molecule has 3 heteroatoms. The largest absolute Gasteiger partial charge is 0.372 e. The zero-order valence-electron chi connectivity index (χ0n) is 12.7. The van der Waals surface area contributed by atoms with Crippen LogP contribution < -0.4 is 10.6 Å².